The van der Waals surface area contributed by atoms with Crippen molar-refractivity contribution in [2.45, 2.75) is 6.18 Å². The fourth-order valence-electron chi connectivity index (χ4n) is 1.79. The molecule has 0 unspecified atom stereocenters. The van der Waals surface area contributed by atoms with Crippen molar-refractivity contribution >= 4 is 11.8 Å². The summed E-state index contributed by atoms with van der Waals surface area (Å²) in [4.78, 5) is 26.6. The van der Waals surface area contributed by atoms with E-state index in [0.717, 1.165) is 12.3 Å². The number of hydrogen-bond donors (Lipinski definition) is 1. The minimum Gasteiger partial charge on any atom is -0.460 e. The summed E-state index contributed by atoms with van der Waals surface area (Å²) in [6.45, 7) is 0.167. The van der Waals surface area contributed by atoms with Crippen LogP contribution < -0.4 is 10.9 Å². The molecule has 0 spiro atoms. The number of nitrogens with zero attached hydrogens (tertiary/aromatic N) is 2. The Hall–Kier alpha value is -2.84. The number of aryl methyl sites for hydroxylation is 1. The fraction of sp³-hybridized carbons (Fsp3) is 0.267. The minimum atomic E-state index is -4.43. The summed E-state index contributed by atoms with van der Waals surface area (Å²) in [5.74, 6) is -0.367. The number of anilines is 1. The molecule has 0 saturated heterocycles. The monoisotopic (exact) mass is 341 g/mol. The molecule has 2 rings (SSSR count). The highest BCUT2D eigenvalue weighted by atomic mass is 19.4. The molecule has 0 aliphatic carbocycles. The number of carbonyl (C=O) groups excluding carboxylic acids is 1. The van der Waals surface area contributed by atoms with Gasteiger partial charge in [0.15, 0.2) is 0 Å². The van der Waals surface area contributed by atoms with Gasteiger partial charge in [-0.05, 0) is 18.2 Å². The number of aromatic nitrogens is 2. The normalized spacial score (nSPS) is 11.2. The summed E-state index contributed by atoms with van der Waals surface area (Å²) in [6, 6.07) is 4.71. The van der Waals surface area contributed by atoms with Crippen molar-refractivity contribution in [1.82, 2.24) is 9.55 Å². The zero-order valence-corrected chi connectivity index (χ0v) is 12.6. The Balaban J connectivity index is 1.81. The highest BCUT2D eigenvalue weighted by Gasteiger charge is 2.30. The van der Waals surface area contributed by atoms with Gasteiger partial charge in [-0.25, -0.2) is 9.78 Å². The van der Waals surface area contributed by atoms with Crippen molar-refractivity contribution in [3.63, 3.8) is 0 Å². The van der Waals surface area contributed by atoms with Crippen molar-refractivity contribution in [3.8, 4) is 0 Å². The molecule has 2 aromatic heterocycles. The van der Waals surface area contributed by atoms with Crippen molar-refractivity contribution in [1.29, 1.82) is 0 Å². The van der Waals surface area contributed by atoms with Gasteiger partial charge < -0.3 is 14.6 Å². The highest BCUT2D eigenvalue weighted by Crippen LogP contribution is 2.28. The maximum absolute atomic E-state index is 12.4. The van der Waals surface area contributed by atoms with E-state index in [0.29, 0.717) is 0 Å². The second-order valence-corrected chi connectivity index (χ2v) is 4.86. The number of carbonyl (C=O) groups is 1. The first kappa shape index (κ1) is 17.5. The largest absolute Gasteiger partial charge is 0.460 e. The Labute approximate surface area is 134 Å². The fourth-order valence-corrected chi connectivity index (χ4v) is 1.79. The quantitative estimate of drug-likeness (QED) is 0.666. The van der Waals surface area contributed by atoms with Crippen molar-refractivity contribution < 1.29 is 22.7 Å². The number of pyridine rings is 2. The maximum atomic E-state index is 12.4. The van der Waals surface area contributed by atoms with E-state index in [1.54, 1.807) is 0 Å². The number of hydrogen-bond acceptors (Lipinski definition) is 5. The zero-order chi connectivity index (χ0) is 17.7. The van der Waals surface area contributed by atoms with Gasteiger partial charge in [0, 0.05) is 25.5 Å². The van der Waals surface area contributed by atoms with Crippen molar-refractivity contribution in [2.24, 2.45) is 7.05 Å². The lowest BCUT2D eigenvalue weighted by Crippen LogP contribution is -2.19. The Morgan fingerprint density at radius 3 is 2.62 bits per heavy atom. The van der Waals surface area contributed by atoms with Crippen molar-refractivity contribution in [2.75, 3.05) is 18.5 Å². The minimum absolute atomic E-state index is 0.00955. The standard InChI is InChI=1S/C15H14F3N3O3/c1-21-9-10(2-5-13(21)22)14(23)24-7-6-19-12-4-3-11(8-20-12)15(16,17)18/h2-5,8-9H,6-7H2,1H3,(H,19,20). The predicted octanol–water partition coefficient (Wildman–Crippen LogP) is 2.07. The van der Waals surface area contributed by atoms with E-state index in [4.69, 9.17) is 4.74 Å². The third-order valence-electron chi connectivity index (χ3n) is 3.05. The number of halogens is 3. The number of esters is 1. The number of ether oxygens (including phenoxy) is 1. The van der Waals surface area contributed by atoms with Crippen LogP contribution in [0.4, 0.5) is 19.0 Å². The van der Waals surface area contributed by atoms with Gasteiger partial charge in [0.1, 0.15) is 12.4 Å². The lowest BCUT2D eigenvalue weighted by molar-refractivity contribution is -0.137. The van der Waals surface area contributed by atoms with Crippen LogP contribution in [0.15, 0.2) is 41.5 Å². The van der Waals surface area contributed by atoms with Crippen LogP contribution in [-0.2, 0) is 18.0 Å². The summed E-state index contributed by atoms with van der Waals surface area (Å²) in [5.41, 5.74) is -0.861. The topological polar surface area (TPSA) is 73.2 Å². The second kappa shape index (κ2) is 7.16. The molecular weight excluding hydrogens is 327 g/mol. The van der Waals surface area contributed by atoms with Gasteiger partial charge in [-0.3, -0.25) is 4.79 Å². The van der Waals surface area contributed by atoms with Gasteiger partial charge in [-0.2, -0.15) is 13.2 Å². The molecule has 0 saturated carbocycles. The molecule has 0 amide bonds. The Bertz CT molecular complexity index is 770. The molecule has 128 valence electrons. The van der Waals surface area contributed by atoms with E-state index >= 15 is 0 Å². The summed E-state index contributed by atoms with van der Waals surface area (Å²) in [5, 5.41) is 2.74. The molecule has 2 aromatic rings. The van der Waals surface area contributed by atoms with E-state index in [1.165, 1.54) is 36.0 Å². The van der Waals surface area contributed by atoms with Gasteiger partial charge in [-0.15, -0.1) is 0 Å². The van der Waals surface area contributed by atoms with Crippen LogP contribution in [-0.4, -0.2) is 28.7 Å². The summed E-state index contributed by atoms with van der Waals surface area (Å²) in [7, 11) is 1.51. The molecule has 0 aromatic carbocycles. The SMILES string of the molecule is Cn1cc(C(=O)OCCNc2ccc(C(F)(F)F)cn2)ccc1=O. The van der Waals surface area contributed by atoms with Gasteiger partial charge in [-0.1, -0.05) is 0 Å². The van der Waals surface area contributed by atoms with E-state index in [-0.39, 0.29) is 30.1 Å². The third kappa shape index (κ3) is 4.58. The molecule has 0 fully saturated rings. The van der Waals surface area contributed by atoms with Gasteiger partial charge in [0.25, 0.3) is 0 Å². The average molecular weight is 341 g/mol. The molecule has 1 N–H and O–H groups in total. The first-order valence-electron chi connectivity index (χ1n) is 6.88. The summed E-state index contributed by atoms with van der Waals surface area (Å²) in [6.07, 6.45) is -2.36. The summed E-state index contributed by atoms with van der Waals surface area (Å²) >= 11 is 0. The van der Waals surface area contributed by atoms with Crippen LogP contribution >= 0.6 is 0 Å². The molecule has 2 heterocycles. The highest BCUT2D eigenvalue weighted by molar-refractivity contribution is 5.88. The lowest BCUT2D eigenvalue weighted by atomic mass is 10.3. The Morgan fingerprint density at radius 2 is 2.04 bits per heavy atom. The number of alkyl halides is 3. The molecule has 24 heavy (non-hydrogen) atoms. The molecule has 0 aliphatic heterocycles. The summed E-state index contributed by atoms with van der Waals surface area (Å²) < 4.78 is 43.4. The molecule has 9 heteroatoms. The number of rotatable bonds is 5. The third-order valence-corrected chi connectivity index (χ3v) is 3.05. The first-order chi connectivity index (χ1) is 11.3. The Kier molecular flexibility index (Phi) is 5.22. The zero-order valence-electron chi connectivity index (χ0n) is 12.6. The first-order valence-corrected chi connectivity index (χ1v) is 6.88. The van der Waals surface area contributed by atoms with Gasteiger partial charge >= 0.3 is 12.1 Å². The molecule has 0 radical (unpaired) electrons. The van der Waals surface area contributed by atoms with E-state index in [1.807, 2.05) is 0 Å². The lowest BCUT2D eigenvalue weighted by Gasteiger charge is -2.09. The second-order valence-electron chi connectivity index (χ2n) is 4.86. The Morgan fingerprint density at radius 1 is 1.29 bits per heavy atom. The van der Waals surface area contributed by atoms with Gasteiger partial charge in [0.2, 0.25) is 5.56 Å². The van der Waals surface area contributed by atoms with Crippen LogP contribution in [0.25, 0.3) is 0 Å². The molecular formula is C15H14F3N3O3. The maximum Gasteiger partial charge on any atom is 0.417 e. The molecule has 6 nitrogen and oxygen atoms in total. The van der Waals surface area contributed by atoms with Crippen LogP contribution in [0.1, 0.15) is 15.9 Å². The van der Waals surface area contributed by atoms with Crippen LogP contribution in [0.2, 0.25) is 0 Å². The molecule has 0 atom stereocenters. The smallest absolute Gasteiger partial charge is 0.417 e. The van der Waals surface area contributed by atoms with Crippen molar-refractivity contribution in [3.05, 3.63) is 58.1 Å². The van der Waals surface area contributed by atoms with Crippen LogP contribution in [0, 0.1) is 0 Å². The van der Waals surface area contributed by atoms with Crippen LogP contribution in [0.3, 0.4) is 0 Å². The van der Waals surface area contributed by atoms with Gasteiger partial charge in [0.05, 0.1) is 17.7 Å². The van der Waals surface area contributed by atoms with E-state index < -0.39 is 17.7 Å². The van der Waals surface area contributed by atoms with E-state index in [9.17, 15) is 22.8 Å². The average Bonchev–Trinajstić information content (AvgIpc) is 2.53. The van der Waals surface area contributed by atoms with Crippen LogP contribution in [0.5, 0.6) is 0 Å². The molecule has 0 aliphatic rings. The molecule has 0 bridgehead atoms. The number of nitrogens with one attached hydrogen (secondary N) is 1. The predicted molar refractivity (Wildman–Crippen MR) is 79.7 cm³/mol. The van der Waals surface area contributed by atoms with E-state index in [2.05, 4.69) is 10.3 Å².